The molecule has 24 heavy (non-hydrogen) atoms. The average molecular weight is 353 g/mol. The molecule has 2 aromatic rings. The van der Waals surface area contributed by atoms with Crippen LogP contribution in [0.5, 0.6) is 0 Å². The van der Waals surface area contributed by atoms with Crippen molar-refractivity contribution in [2.24, 2.45) is 0 Å². The van der Waals surface area contributed by atoms with Crippen molar-refractivity contribution >= 4 is 17.7 Å². The van der Waals surface area contributed by atoms with Crippen LogP contribution in [-0.2, 0) is 16.0 Å². The third-order valence-corrected chi connectivity index (χ3v) is 4.32. The maximum absolute atomic E-state index is 12.9. The number of hydrogen-bond donors (Lipinski definition) is 2. The quantitative estimate of drug-likeness (QED) is 0.417. The molecule has 1 amide bonds. The number of rotatable bonds is 8. The van der Waals surface area contributed by atoms with Gasteiger partial charge in [0.25, 0.3) is 0 Å². The first-order valence-electron chi connectivity index (χ1n) is 7.38. The Kier molecular flexibility index (Phi) is 6.56. The lowest BCUT2D eigenvalue weighted by atomic mass is 10.1. The van der Waals surface area contributed by atoms with E-state index in [-0.39, 0.29) is 17.0 Å². The van der Waals surface area contributed by atoms with Gasteiger partial charge in [0, 0.05) is 20.1 Å². The zero-order valence-electron chi connectivity index (χ0n) is 13.5. The number of halogens is 1. The molecule has 0 saturated carbocycles. The van der Waals surface area contributed by atoms with Gasteiger partial charge in [0.15, 0.2) is 5.82 Å². The standard InChI is InChI=1S/C15H20FN5O2S/c1-10(14(22)18-7-8-23-2)24-15-20-19-13(21(15)17)9-11-3-5-12(16)6-4-11/h3-6,10H,7-9,17H2,1-2H3,(H,18,22)/t10-/m1/s1. The Morgan fingerprint density at radius 3 is 2.79 bits per heavy atom. The van der Waals surface area contributed by atoms with Crippen LogP contribution in [-0.4, -0.2) is 46.3 Å². The van der Waals surface area contributed by atoms with Crippen LogP contribution in [0.15, 0.2) is 29.4 Å². The van der Waals surface area contributed by atoms with E-state index in [0.29, 0.717) is 30.6 Å². The fraction of sp³-hybridized carbons (Fsp3) is 0.400. The Labute approximate surface area is 143 Å². The Balaban J connectivity index is 1.96. The molecule has 7 nitrogen and oxygen atoms in total. The van der Waals surface area contributed by atoms with Crippen LogP contribution in [0.4, 0.5) is 4.39 Å². The third kappa shape index (κ3) is 4.93. The molecule has 2 rings (SSSR count). The van der Waals surface area contributed by atoms with E-state index >= 15 is 0 Å². The van der Waals surface area contributed by atoms with Crippen molar-refractivity contribution in [2.75, 3.05) is 26.1 Å². The monoisotopic (exact) mass is 353 g/mol. The van der Waals surface area contributed by atoms with Gasteiger partial charge in [0.2, 0.25) is 11.1 Å². The molecule has 0 aliphatic carbocycles. The molecule has 9 heteroatoms. The maximum Gasteiger partial charge on any atom is 0.233 e. The van der Waals surface area contributed by atoms with Crippen molar-refractivity contribution < 1.29 is 13.9 Å². The highest BCUT2D eigenvalue weighted by atomic mass is 32.2. The normalized spacial score (nSPS) is 12.1. The number of ether oxygens (including phenoxy) is 1. The van der Waals surface area contributed by atoms with Gasteiger partial charge < -0.3 is 15.9 Å². The number of aromatic nitrogens is 3. The number of nitrogen functional groups attached to an aromatic ring is 1. The Morgan fingerprint density at radius 1 is 1.42 bits per heavy atom. The van der Waals surface area contributed by atoms with Crippen LogP contribution < -0.4 is 11.2 Å². The van der Waals surface area contributed by atoms with Gasteiger partial charge >= 0.3 is 0 Å². The maximum atomic E-state index is 12.9. The minimum absolute atomic E-state index is 0.125. The molecule has 0 spiro atoms. The second-order valence-corrected chi connectivity index (χ2v) is 6.42. The van der Waals surface area contributed by atoms with E-state index in [1.807, 2.05) is 0 Å². The first kappa shape index (κ1) is 18.2. The molecular weight excluding hydrogens is 333 g/mol. The summed E-state index contributed by atoms with van der Waals surface area (Å²) in [4.78, 5) is 11.9. The summed E-state index contributed by atoms with van der Waals surface area (Å²) in [6, 6.07) is 6.11. The molecule has 0 aliphatic heterocycles. The zero-order valence-corrected chi connectivity index (χ0v) is 14.3. The molecule has 0 aliphatic rings. The van der Waals surface area contributed by atoms with Crippen molar-refractivity contribution in [1.29, 1.82) is 0 Å². The van der Waals surface area contributed by atoms with Crippen LogP contribution in [0.1, 0.15) is 18.3 Å². The van der Waals surface area contributed by atoms with Crippen LogP contribution in [0.25, 0.3) is 0 Å². The number of nitrogens with two attached hydrogens (primary N) is 1. The molecule has 130 valence electrons. The number of thioether (sulfide) groups is 1. The largest absolute Gasteiger partial charge is 0.383 e. The number of nitrogens with one attached hydrogen (secondary N) is 1. The van der Waals surface area contributed by atoms with Crippen molar-refractivity contribution in [1.82, 2.24) is 20.2 Å². The first-order valence-corrected chi connectivity index (χ1v) is 8.26. The lowest BCUT2D eigenvalue weighted by molar-refractivity contribution is -0.120. The number of carbonyl (C=O) groups is 1. The predicted octanol–water partition coefficient (Wildman–Crippen LogP) is 0.965. The molecule has 0 unspecified atom stereocenters. The van der Waals surface area contributed by atoms with Gasteiger partial charge in [-0.1, -0.05) is 23.9 Å². The molecule has 0 radical (unpaired) electrons. The number of hydrogen-bond acceptors (Lipinski definition) is 6. The van der Waals surface area contributed by atoms with Crippen molar-refractivity contribution in [2.45, 2.75) is 23.8 Å². The fourth-order valence-corrected chi connectivity index (χ4v) is 2.74. The van der Waals surface area contributed by atoms with Crippen LogP contribution >= 0.6 is 11.8 Å². The number of methoxy groups -OCH3 is 1. The Morgan fingerprint density at radius 2 is 2.12 bits per heavy atom. The molecule has 0 saturated heterocycles. The summed E-state index contributed by atoms with van der Waals surface area (Å²) in [6.07, 6.45) is 0.429. The highest BCUT2D eigenvalue weighted by Gasteiger charge is 2.19. The smallest absolute Gasteiger partial charge is 0.233 e. The van der Waals surface area contributed by atoms with Gasteiger partial charge in [-0.2, -0.15) is 0 Å². The Bertz CT molecular complexity index is 677. The molecule has 1 aromatic carbocycles. The van der Waals surface area contributed by atoms with Crippen molar-refractivity contribution in [3.8, 4) is 0 Å². The van der Waals surface area contributed by atoms with Gasteiger partial charge in [0.05, 0.1) is 11.9 Å². The predicted molar refractivity (Wildman–Crippen MR) is 89.6 cm³/mol. The van der Waals surface area contributed by atoms with E-state index in [2.05, 4.69) is 15.5 Å². The number of carbonyl (C=O) groups excluding carboxylic acids is 1. The second-order valence-electron chi connectivity index (χ2n) is 5.12. The summed E-state index contributed by atoms with van der Waals surface area (Å²) in [5.41, 5.74) is 0.873. The summed E-state index contributed by atoms with van der Waals surface area (Å²) in [6.45, 7) is 2.67. The van der Waals surface area contributed by atoms with Crippen molar-refractivity contribution in [3.63, 3.8) is 0 Å². The summed E-state index contributed by atoms with van der Waals surface area (Å²) in [7, 11) is 1.57. The van der Waals surface area contributed by atoms with Crippen LogP contribution in [0, 0.1) is 5.82 Å². The van der Waals surface area contributed by atoms with E-state index in [9.17, 15) is 9.18 Å². The van der Waals surface area contributed by atoms with E-state index in [1.165, 1.54) is 28.6 Å². The second kappa shape index (κ2) is 8.65. The highest BCUT2D eigenvalue weighted by Crippen LogP contribution is 2.21. The van der Waals surface area contributed by atoms with Gasteiger partial charge in [0.1, 0.15) is 5.82 Å². The van der Waals surface area contributed by atoms with Crippen LogP contribution in [0.2, 0.25) is 0 Å². The van der Waals surface area contributed by atoms with E-state index in [1.54, 1.807) is 26.2 Å². The molecule has 3 N–H and O–H groups in total. The zero-order chi connectivity index (χ0) is 17.5. The van der Waals surface area contributed by atoms with Crippen LogP contribution in [0.3, 0.4) is 0 Å². The summed E-state index contributed by atoms with van der Waals surface area (Å²) >= 11 is 1.22. The molecule has 1 heterocycles. The van der Waals surface area contributed by atoms with Gasteiger partial charge in [-0.25, -0.2) is 9.07 Å². The molecule has 0 fully saturated rings. The summed E-state index contributed by atoms with van der Waals surface area (Å²) in [5, 5.41) is 10.9. The van der Waals surface area contributed by atoms with E-state index in [4.69, 9.17) is 10.6 Å². The Hall–Kier alpha value is -2.13. The van der Waals surface area contributed by atoms with Gasteiger partial charge in [-0.15, -0.1) is 10.2 Å². The fourth-order valence-electron chi connectivity index (χ4n) is 1.92. The summed E-state index contributed by atoms with van der Waals surface area (Å²) in [5.74, 6) is 6.12. The molecular formula is C15H20FN5O2S. The minimum atomic E-state index is -0.368. The minimum Gasteiger partial charge on any atom is -0.383 e. The molecule has 1 aromatic heterocycles. The van der Waals surface area contributed by atoms with Gasteiger partial charge in [-0.3, -0.25) is 4.79 Å². The van der Waals surface area contributed by atoms with Crippen molar-refractivity contribution in [3.05, 3.63) is 41.5 Å². The highest BCUT2D eigenvalue weighted by molar-refractivity contribution is 8.00. The first-order chi connectivity index (χ1) is 11.5. The third-order valence-electron chi connectivity index (χ3n) is 3.27. The lowest BCUT2D eigenvalue weighted by Crippen LogP contribution is -2.33. The van der Waals surface area contributed by atoms with E-state index in [0.717, 1.165) is 5.56 Å². The molecule has 1 atom stereocenters. The number of nitrogens with zero attached hydrogens (tertiary/aromatic N) is 3. The molecule has 0 bridgehead atoms. The number of benzene rings is 1. The van der Waals surface area contributed by atoms with E-state index < -0.39 is 0 Å². The lowest BCUT2D eigenvalue weighted by Gasteiger charge is -2.11. The topological polar surface area (TPSA) is 95.1 Å². The van der Waals surface area contributed by atoms with Gasteiger partial charge in [-0.05, 0) is 24.6 Å². The summed E-state index contributed by atoms with van der Waals surface area (Å²) < 4.78 is 19.2. The average Bonchev–Trinajstić information content (AvgIpc) is 2.90. The number of amides is 1. The SMILES string of the molecule is COCCNC(=O)[C@@H](C)Sc1nnc(Cc2ccc(F)cc2)n1N.